The van der Waals surface area contributed by atoms with Gasteiger partial charge in [-0.1, -0.05) is 50.1 Å². The van der Waals surface area contributed by atoms with Crippen LogP contribution in [-0.4, -0.2) is 30.7 Å². The summed E-state index contributed by atoms with van der Waals surface area (Å²) < 4.78 is 31.3. The number of aromatic nitrogens is 1. The van der Waals surface area contributed by atoms with Gasteiger partial charge in [-0.3, -0.25) is 0 Å². The fourth-order valence-electron chi connectivity index (χ4n) is 3.41. The number of nitrogens with zero attached hydrogens (tertiary/aromatic N) is 1. The van der Waals surface area contributed by atoms with Gasteiger partial charge in [0.05, 0.1) is 17.5 Å². The second-order valence-electron chi connectivity index (χ2n) is 6.75. The van der Waals surface area contributed by atoms with E-state index in [1.54, 1.807) is 18.2 Å². The molecule has 1 heterocycles. The molecule has 8 heteroatoms. The van der Waals surface area contributed by atoms with Gasteiger partial charge in [-0.25, -0.2) is 13.1 Å². The second-order valence-corrected chi connectivity index (χ2v) is 10.4. The molecule has 0 saturated heterocycles. The van der Waals surface area contributed by atoms with E-state index >= 15 is 0 Å². The van der Waals surface area contributed by atoms with Gasteiger partial charge in [-0.05, 0) is 48.5 Å². The monoisotopic (exact) mass is 536 g/mol. The Bertz CT molecular complexity index is 1230. The highest BCUT2D eigenvalue weighted by Crippen LogP contribution is 2.33. The summed E-state index contributed by atoms with van der Waals surface area (Å²) in [6.07, 6.45) is -0.889. The van der Waals surface area contributed by atoms with E-state index in [1.807, 2.05) is 41.0 Å². The van der Waals surface area contributed by atoms with Gasteiger partial charge in [0.2, 0.25) is 10.0 Å². The quantitative estimate of drug-likeness (QED) is 0.376. The third-order valence-corrected chi connectivity index (χ3v) is 7.17. The van der Waals surface area contributed by atoms with E-state index in [0.717, 1.165) is 30.8 Å². The number of aliphatic hydroxyl groups excluding tert-OH is 1. The van der Waals surface area contributed by atoms with Crippen LogP contribution in [-0.2, 0) is 16.6 Å². The van der Waals surface area contributed by atoms with Gasteiger partial charge in [-0.15, -0.1) is 0 Å². The maximum absolute atomic E-state index is 12.4. The lowest BCUT2D eigenvalue weighted by molar-refractivity contribution is 0.161. The van der Waals surface area contributed by atoms with Gasteiger partial charge < -0.3 is 9.67 Å². The Labute approximate surface area is 185 Å². The second kappa shape index (κ2) is 8.20. The average molecular weight is 538 g/mol. The van der Waals surface area contributed by atoms with Crippen molar-refractivity contribution >= 4 is 63.7 Å². The van der Waals surface area contributed by atoms with Crippen LogP contribution in [0.5, 0.6) is 0 Å². The van der Waals surface area contributed by atoms with E-state index in [-0.39, 0.29) is 18.0 Å². The van der Waals surface area contributed by atoms with Crippen LogP contribution in [0.2, 0.25) is 0 Å². The van der Waals surface area contributed by atoms with Crippen molar-refractivity contribution in [3.8, 4) is 0 Å². The van der Waals surface area contributed by atoms with E-state index < -0.39 is 16.1 Å². The van der Waals surface area contributed by atoms with Crippen LogP contribution >= 0.6 is 31.9 Å². The first-order valence-corrected chi connectivity index (χ1v) is 12.0. The van der Waals surface area contributed by atoms with Crippen molar-refractivity contribution in [3.05, 3.63) is 75.7 Å². The zero-order valence-electron chi connectivity index (χ0n) is 15.2. The maximum atomic E-state index is 12.4. The number of nitrogens with one attached hydrogen (secondary N) is 1. The molecule has 2 N–H and O–H groups in total. The summed E-state index contributed by atoms with van der Waals surface area (Å²) in [5.74, 6) is 0. The molecule has 0 aliphatic carbocycles. The predicted octanol–water partition coefficient (Wildman–Crippen LogP) is 4.66. The molecule has 0 bridgehead atoms. The summed E-state index contributed by atoms with van der Waals surface area (Å²) in [5.41, 5.74) is 1.96. The number of sulfonamides is 1. The number of fused-ring (bicyclic) bond motifs is 3. The van der Waals surface area contributed by atoms with Gasteiger partial charge in [0.15, 0.2) is 0 Å². The van der Waals surface area contributed by atoms with Crippen molar-refractivity contribution in [3.63, 3.8) is 0 Å². The zero-order chi connectivity index (χ0) is 20.6. The largest absolute Gasteiger partial charge is 0.390 e. The highest BCUT2D eigenvalue weighted by atomic mass is 79.9. The first-order chi connectivity index (χ1) is 13.8. The first kappa shape index (κ1) is 20.6. The van der Waals surface area contributed by atoms with E-state index in [1.165, 1.54) is 12.1 Å². The van der Waals surface area contributed by atoms with Crippen LogP contribution in [0.25, 0.3) is 21.8 Å². The number of rotatable bonds is 6. The average Bonchev–Trinajstić information content (AvgIpc) is 2.99. The Morgan fingerprint density at radius 2 is 1.45 bits per heavy atom. The van der Waals surface area contributed by atoms with Crippen LogP contribution in [0.4, 0.5) is 0 Å². The van der Waals surface area contributed by atoms with Crippen molar-refractivity contribution in [2.24, 2.45) is 0 Å². The van der Waals surface area contributed by atoms with Crippen LogP contribution in [0.3, 0.4) is 0 Å². The molecule has 0 radical (unpaired) electrons. The number of halogens is 2. The summed E-state index contributed by atoms with van der Waals surface area (Å²) in [7, 11) is -3.66. The zero-order valence-corrected chi connectivity index (χ0v) is 19.2. The molecule has 0 aliphatic heterocycles. The van der Waals surface area contributed by atoms with Crippen molar-refractivity contribution < 1.29 is 13.5 Å². The molecule has 1 aromatic heterocycles. The minimum Gasteiger partial charge on any atom is -0.390 e. The van der Waals surface area contributed by atoms with E-state index in [4.69, 9.17) is 0 Å². The molecule has 29 heavy (non-hydrogen) atoms. The summed E-state index contributed by atoms with van der Waals surface area (Å²) >= 11 is 7.04. The lowest BCUT2D eigenvalue weighted by Gasteiger charge is -2.15. The van der Waals surface area contributed by atoms with Crippen LogP contribution in [0, 0.1) is 0 Å². The molecule has 0 aliphatic rings. The van der Waals surface area contributed by atoms with Gasteiger partial charge in [0.1, 0.15) is 0 Å². The van der Waals surface area contributed by atoms with Crippen molar-refractivity contribution in [2.45, 2.75) is 17.5 Å². The molecule has 4 aromatic rings. The molecule has 4 rings (SSSR count). The fraction of sp³-hybridized carbons (Fsp3) is 0.143. The maximum Gasteiger partial charge on any atom is 0.240 e. The minimum absolute atomic E-state index is 0.0779. The van der Waals surface area contributed by atoms with Gasteiger partial charge in [0, 0.05) is 37.3 Å². The lowest BCUT2D eigenvalue weighted by atomic mass is 10.2. The first-order valence-electron chi connectivity index (χ1n) is 8.95. The summed E-state index contributed by atoms with van der Waals surface area (Å²) in [6, 6.07) is 20.1. The number of benzene rings is 3. The summed E-state index contributed by atoms with van der Waals surface area (Å²) in [6.45, 7) is 0.187. The molecule has 0 spiro atoms. The molecule has 0 amide bonds. The smallest absolute Gasteiger partial charge is 0.240 e. The van der Waals surface area contributed by atoms with Crippen LogP contribution in [0.1, 0.15) is 0 Å². The molecule has 5 nitrogen and oxygen atoms in total. The normalized spacial score (nSPS) is 13.2. The van der Waals surface area contributed by atoms with Crippen molar-refractivity contribution in [2.75, 3.05) is 6.54 Å². The van der Waals surface area contributed by atoms with Crippen molar-refractivity contribution in [1.82, 2.24) is 9.29 Å². The third-order valence-electron chi connectivity index (χ3n) is 4.74. The van der Waals surface area contributed by atoms with Gasteiger partial charge in [0.25, 0.3) is 0 Å². The summed E-state index contributed by atoms with van der Waals surface area (Å²) in [4.78, 5) is 0.179. The molecular weight excluding hydrogens is 520 g/mol. The number of aliphatic hydroxyl groups is 1. The van der Waals surface area contributed by atoms with E-state index in [9.17, 15) is 13.5 Å². The van der Waals surface area contributed by atoms with Crippen molar-refractivity contribution in [1.29, 1.82) is 0 Å². The molecule has 0 unspecified atom stereocenters. The molecule has 0 fully saturated rings. The van der Waals surface area contributed by atoms with Crippen LogP contribution in [0.15, 0.2) is 80.6 Å². The van der Waals surface area contributed by atoms with Crippen LogP contribution < -0.4 is 4.72 Å². The molecule has 0 saturated carbocycles. The third kappa shape index (κ3) is 4.27. The summed E-state index contributed by atoms with van der Waals surface area (Å²) in [5, 5.41) is 12.7. The Morgan fingerprint density at radius 1 is 0.897 bits per heavy atom. The Hall–Kier alpha value is -1.71. The molecule has 3 aromatic carbocycles. The Balaban J connectivity index is 1.62. The van der Waals surface area contributed by atoms with Gasteiger partial charge in [-0.2, -0.15) is 0 Å². The number of hydrogen-bond acceptors (Lipinski definition) is 3. The van der Waals surface area contributed by atoms with E-state index in [2.05, 4.69) is 36.6 Å². The minimum atomic E-state index is -3.66. The standard InChI is InChI=1S/C21H18Br2N2O3S/c22-14-6-8-20-18(10-14)19-11-15(23)7-9-21(19)25(20)13-16(26)12-24-29(27,28)17-4-2-1-3-5-17/h1-11,16,24,26H,12-13H2/t16-/m0/s1. The Kier molecular flexibility index (Phi) is 5.81. The topological polar surface area (TPSA) is 71.3 Å². The highest BCUT2D eigenvalue weighted by molar-refractivity contribution is 9.10. The Morgan fingerprint density at radius 3 is 2.00 bits per heavy atom. The van der Waals surface area contributed by atoms with Gasteiger partial charge >= 0.3 is 0 Å². The fourth-order valence-corrected chi connectivity index (χ4v) is 5.23. The highest BCUT2D eigenvalue weighted by Gasteiger charge is 2.18. The molecule has 1 atom stereocenters. The lowest BCUT2D eigenvalue weighted by Crippen LogP contribution is -2.34. The number of hydrogen-bond donors (Lipinski definition) is 2. The molecule has 150 valence electrons. The molecular formula is C21H18Br2N2O3S. The van der Waals surface area contributed by atoms with E-state index in [0.29, 0.717) is 0 Å². The SMILES string of the molecule is O=S(=O)(NC[C@H](O)Cn1c2ccc(Br)cc2c2cc(Br)ccc21)c1ccccc1. The predicted molar refractivity (Wildman–Crippen MR) is 122 cm³/mol.